The molecule has 6 nitrogen and oxygen atoms in total. The van der Waals surface area contributed by atoms with Crippen LogP contribution in [0.1, 0.15) is 24.8 Å². The molecule has 170 valence electrons. The number of quaternary nitrogens is 1. The van der Waals surface area contributed by atoms with E-state index in [-0.39, 0.29) is 24.2 Å². The topological polar surface area (TPSA) is 55.3 Å². The first kappa shape index (κ1) is 21.5. The second-order valence-electron chi connectivity index (χ2n) is 8.85. The van der Waals surface area contributed by atoms with Gasteiger partial charge in [-0.25, -0.2) is 8.87 Å². The second-order valence-corrected chi connectivity index (χ2v) is 8.85. The molecule has 2 fully saturated rings. The van der Waals surface area contributed by atoms with Crippen molar-refractivity contribution in [2.75, 3.05) is 26.2 Å². The summed E-state index contributed by atoms with van der Waals surface area (Å²) >= 11 is 0. The SMILES string of the molecule is O=C(Cc1cccc(F)c1)N1CCC(Oc2ccc([N+]3(c4cccnn4)CCC3)cc2)CC1. The van der Waals surface area contributed by atoms with Crippen LogP contribution in [0.5, 0.6) is 5.75 Å². The van der Waals surface area contributed by atoms with Gasteiger partial charge in [0.05, 0.1) is 25.7 Å². The third kappa shape index (κ3) is 4.59. The number of ether oxygens (including phenoxy) is 1. The monoisotopic (exact) mass is 447 g/mol. The van der Waals surface area contributed by atoms with Gasteiger partial charge in [-0.05, 0) is 35.9 Å². The van der Waals surface area contributed by atoms with E-state index in [4.69, 9.17) is 4.74 Å². The zero-order valence-corrected chi connectivity index (χ0v) is 18.6. The Morgan fingerprint density at radius 3 is 2.48 bits per heavy atom. The van der Waals surface area contributed by atoms with Crippen LogP contribution in [0.15, 0.2) is 66.9 Å². The number of aromatic nitrogens is 2. The molecule has 0 unspecified atom stereocenters. The van der Waals surface area contributed by atoms with Gasteiger partial charge in [0.15, 0.2) is 0 Å². The van der Waals surface area contributed by atoms with Gasteiger partial charge in [-0.15, -0.1) is 0 Å². The van der Waals surface area contributed by atoms with Crippen LogP contribution in [0.2, 0.25) is 0 Å². The van der Waals surface area contributed by atoms with E-state index >= 15 is 0 Å². The number of carbonyl (C=O) groups excluding carboxylic acids is 1. The van der Waals surface area contributed by atoms with E-state index in [0.29, 0.717) is 18.7 Å². The van der Waals surface area contributed by atoms with Crippen molar-refractivity contribution in [1.29, 1.82) is 0 Å². The summed E-state index contributed by atoms with van der Waals surface area (Å²) in [6.45, 7) is 3.37. The Hall–Kier alpha value is -3.32. The van der Waals surface area contributed by atoms with Gasteiger partial charge in [-0.1, -0.05) is 17.2 Å². The Kier molecular flexibility index (Phi) is 6.05. The fourth-order valence-electron chi connectivity index (χ4n) is 4.77. The van der Waals surface area contributed by atoms with Crippen LogP contribution in [0, 0.1) is 5.82 Å². The van der Waals surface area contributed by atoms with Crippen LogP contribution in [-0.4, -0.2) is 53.3 Å². The second kappa shape index (κ2) is 9.27. The fraction of sp³-hybridized carbons (Fsp3) is 0.346. The molecule has 0 saturated carbocycles. The number of amides is 1. The van der Waals surface area contributed by atoms with Crippen LogP contribution in [0.4, 0.5) is 15.9 Å². The highest BCUT2D eigenvalue weighted by molar-refractivity contribution is 5.78. The van der Waals surface area contributed by atoms with Gasteiger partial charge >= 0.3 is 0 Å². The van der Waals surface area contributed by atoms with Crippen molar-refractivity contribution < 1.29 is 13.9 Å². The minimum Gasteiger partial charge on any atom is -0.490 e. The molecule has 0 N–H and O–H groups in total. The molecule has 3 aromatic rings. The lowest BCUT2D eigenvalue weighted by Gasteiger charge is -2.43. The Balaban J connectivity index is 1.16. The smallest absolute Gasteiger partial charge is 0.252 e. The molecular weight excluding hydrogens is 419 g/mol. The predicted octanol–water partition coefficient (Wildman–Crippen LogP) is 4.27. The Bertz CT molecular complexity index is 1090. The molecule has 33 heavy (non-hydrogen) atoms. The summed E-state index contributed by atoms with van der Waals surface area (Å²) in [5, 5.41) is 8.42. The van der Waals surface area contributed by atoms with E-state index in [0.717, 1.165) is 42.0 Å². The number of halogens is 1. The molecule has 2 aliphatic rings. The van der Waals surface area contributed by atoms with Crippen LogP contribution >= 0.6 is 0 Å². The molecule has 3 heterocycles. The Morgan fingerprint density at radius 2 is 1.85 bits per heavy atom. The zero-order valence-electron chi connectivity index (χ0n) is 18.6. The summed E-state index contributed by atoms with van der Waals surface area (Å²) < 4.78 is 20.3. The summed E-state index contributed by atoms with van der Waals surface area (Å²) in [4.78, 5) is 14.4. The number of piperidine rings is 1. The van der Waals surface area contributed by atoms with Gasteiger partial charge in [-0.2, -0.15) is 5.10 Å². The summed E-state index contributed by atoms with van der Waals surface area (Å²) in [5.74, 6) is 1.56. The van der Waals surface area contributed by atoms with E-state index < -0.39 is 0 Å². The van der Waals surface area contributed by atoms with Crippen molar-refractivity contribution in [3.63, 3.8) is 0 Å². The van der Waals surface area contributed by atoms with Gasteiger partial charge in [0.1, 0.15) is 23.4 Å². The first-order valence-corrected chi connectivity index (χ1v) is 11.6. The largest absolute Gasteiger partial charge is 0.490 e. The van der Waals surface area contributed by atoms with Gasteiger partial charge < -0.3 is 9.64 Å². The summed E-state index contributed by atoms with van der Waals surface area (Å²) in [7, 11) is 0. The predicted molar refractivity (Wildman–Crippen MR) is 125 cm³/mol. The molecule has 0 atom stereocenters. The summed E-state index contributed by atoms with van der Waals surface area (Å²) in [6, 6.07) is 18.5. The third-order valence-corrected chi connectivity index (χ3v) is 6.75. The number of nitrogens with zero attached hydrogens (tertiary/aromatic N) is 4. The molecule has 2 aromatic carbocycles. The van der Waals surface area contributed by atoms with Crippen molar-refractivity contribution in [1.82, 2.24) is 19.6 Å². The average molecular weight is 448 g/mol. The minimum absolute atomic E-state index is 0.0379. The lowest BCUT2D eigenvalue weighted by Crippen LogP contribution is -2.55. The van der Waals surface area contributed by atoms with Crippen LogP contribution in [-0.2, 0) is 11.2 Å². The van der Waals surface area contributed by atoms with Crippen molar-refractivity contribution in [2.45, 2.75) is 31.8 Å². The van der Waals surface area contributed by atoms with Gasteiger partial charge in [0.2, 0.25) is 5.91 Å². The van der Waals surface area contributed by atoms with Crippen molar-refractivity contribution >= 4 is 17.4 Å². The standard InChI is InChI=1S/C26H28FN4O2/c27-21-5-1-4-20(18-21)19-26(32)30-14-11-24(12-15-30)33-23-9-7-22(8-10-23)31(16-3-17-31)25-6-2-13-28-29-25/h1-2,4-10,13,18,24H,3,11-12,14-17,19H2/q+1. The van der Waals surface area contributed by atoms with E-state index in [1.807, 2.05) is 29.2 Å². The molecule has 7 heteroatoms. The number of hydrogen-bond acceptors (Lipinski definition) is 4. The van der Waals surface area contributed by atoms with Crippen LogP contribution < -0.4 is 9.22 Å². The lowest BCUT2D eigenvalue weighted by molar-refractivity contribution is -0.132. The summed E-state index contributed by atoms with van der Waals surface area (Å²) in [5.41, 5.74) is 1.91. The molecule has 0 radical (unpaired) electrons. The van der Waals surface area contributed by atoms with Crippen molar-refractivity contribution in [2.24, 2.45) is 0 Å². The normalized spacial score (nSPS) is 17.9. The quantitative estimate of drug-likeness (QED) is 0.530. The molecular formula is C26H28FN4O2+. The van der Waals surface area contributed by atoms with E-state index in [1.165, 1.54) is 24.2 Å². The molecule has 0 aliphatic carbocycles. The van der Waals surface area contributed by atoms with E-state index in [1.54, 1.807) is 18.3 Å². The van der Waals surface area contributed by atoms with Crippen LogP contribution in [0.3, 0.4) is 0 Å². The molecule has 1 aromatic heterocycles. The summed E-state index contributed by atoms with van der Waals surface area (Å²) in [6.07, 6.45) is 4.77. The molecule has 5 rings (SSSR count). The van der Waals surface area contributed by atoms with Crippen molar-refractivity contribution in [3.8, 4) is 5.75 Å². The molecule has 0 spiro atoms. The molecule has 2 aliphatic heterocycles. The number of carbonyl (C=O) groups is 1. The van der Waals surface area contributed by atoms with Gasteiger partial charge in [0.25, 0.3) is 5.82 Å². The molecule has 1 amide bonds. The highest BCUT2D eigenvalue weighted by Gasteiger charge is 2.42. The van der Waals surface area contributed by atoms with Crippen LogP contribution in [0.25, 0.3) is 0 Å². The number of likely N-dealkylation sites (tertiary alicyclic amines) is 1. The fourth-order valence-corrected chi connectivity index (χ4v) is 4.77. The number of benzene rings is 2. The molecule has 0 bridgehead atoms. The maximum atomic E-state index is 13.4. The van der Waals surface area contributed by atoms with Crippen molar-refractivity contribution in [3.05, 3.63) is 78.2 Å². The van der Waals surface area contributed by atoms with E-state index in [9.17, 15) is 9.18 Å². The number of rotatable bonds is 6. The third-order valence-electron chi connectivity index (χ3n) is 6.75. The maximum absolute atomic E-state index is 13.4. The first-order valence-electron chi connectivity index (χ1n) is 11.6. The highest BCUT2D eigenvalue weighted by Crippen LogP contribution is 2.39. The van der Waals surface area contributed by atoms with Gasteiger partial charge in [-0.3, -0.25) is 4.79 Å². The van der Waals surface area contributed by atoms with E-state index in [2.05, 4.69) is 22.3 Å². The lowest BCUT2D eigenvalue weighted by atomic mass is 10.1. The van der Waals surface area contributed by atoms with Gasteiger partial charge in [0, 0.05) is 50.6 Å². The average Bonchev–Trinajstić information content (AvgIpc) is 2.81. The Morgan fingerprint density at radius 1 is 1.06 bits per heavy atom. The number of hydrogen-bond donors (Lipinski definition) is 0. The highest BCUT2D eigenvalue weighted by atomic mass is 19.1. The first-order chi connectivity index (χ1) is 16.1. The Labute approximate surface area is 193 Å². The maximum Gasteiger partial charge on any atom is 0.252 e. The minimum atomic E-state index is -0.308. The molecule has 2 saturated heterocycles. The zero-order chi connectivity index (χ0) is 22.7.